The zero-order valence-electron chi connectivity index (χ0n) is 7.82. The Morgan fingerprint density at radius 3 is 2.23 bits per heavy atom. The van der Waals surface area contributed by atoms with E-state index in [4.69, 9.17) is 15.5 Å². The van der Waals surface area contributed by atoms with Gasteiger partial charge in [0.15, 0.2) is 0 Å². The molecule has 3 N–H and O–H groups in total. The molecule has 5 nitrogen and oxygen atoms in total. The molecule has 0 saturated heterocycles. The van der Waals surface area contributed by atoms with Crippen LogP contribution in [0.25, 0.3) is 0 Å². The molecule has 0 aliphatic rings. The third-order valence-electron chi connectivity index (χ3n) is 1.89. The number of hydrogen-bond donors (Lipinski definition) is 3. The molecular weight excluding hydrogens is 174 g/mol. The van der Waals surface area contributed by atoms with Crippen LogP contribution in [0.2, 0.25) is 0 Å². The van der Waals surface area contributed by atoms with Crippen LogP contribution in [0.5, 0.6) is 0 Å². The largest absolute Gasteiger partial charge is 0.478 e. The number of hydrogen-bond acceptors (Lipinski definition) is 4. The Labute approximate surface area is 76.8 Å². The second-order valence-corrected chi connectivity index (χ2v) is 2.73. The lowest BCUT2D eigenvalue weighted by Crippen LogP contribution is -2.16. The van der Waals surface area contributed by atoms with Crippen LogP contribution in [0.15, 0.2) is 11.1 Å². The minimum absolute atomic E-state index is 0.0216. The second-order valence-electron chi connectivity index (χ2n) is 2.73. The SMILES string of the molecule is CCC(CCN(O)O)=C(C)C(=O)O. The van der Waals surface area contributed by atoms with E-state index in [1.54, 1.807) is 0 Å². The summed E-state index contributed by atoms with van der Waals surface area (Å²) in [4.78, 5) is 10.5. The summed E-state index contributed by atoms with van der Waals surface area (Å²) in [5.74, 6) is -0.959. The Bertz CT molecular complexity index is 210. The van der Waals surface area contributed by atoms with Crippen LogP contribution in [-0.2, 0) is 4.79 Å². The summed E-state index contributed by atoms with van der Waals surface area (Å²) in [6.07, 6.45) is 0.952. The Morgan fingerprint density at radius 2 is 1.92 bits per heavy atom. The number of hydroxylamine groups is 2. The lowest BCUT2D eigenvalue weighted by atomic mass is 10.0. The Morgan fingerprint density at radius 1 is 1.38 bits per heavy atom. The van der Waals surface area contributed by atoms with Crippen molar-refractivity contribution in [1.29, 1.82) is 0 Å². The van der Waals surface area contributed by atoms with Crippen LogP contribution < -0.4 is 0 Å². The van der Waals surface area contributed by atoms with Gasteiger partial charge >= 0.3 is 5.97 Å². The molecule has 0 heterocycles. The number of rotatable bonds is 5. The number of carboxylic acid groups (broad SMARTS) is 1. The highest BCUT2D eigenvalue weighted by Crippen LogP contribution is 2.13. The molecule has 5 heteroatoms. The molecule has 0 spiro atoms. The monoisotopic (exact) mass is 189 g/mol. The van der Waals surface area contributed by atoms with E-state index in [1.807, 2.05) is 6.92 Å². The number of carboxylic acids is 1. The summed E-state index contributed by atoms with van der Waals surface area (Å²) in [5, 5.41) is 25.6. The maximum Gasteiger partial charge on any atom is 0.331 e. The van der Waals surface area contributed by atoms with E-state index in [0.29, 0.717) is 12.8 Å². The highest BCUT2D eigenvalue weighted by molar-refractivity contribution is 5.86. The van der Waals surface area contributed by atoms with E-state index in [0.717, 1.165) is 5.57 Å². The molecule has 0 aromatic rings. The van der Waals surface area contributed by atoms with Crippen LogP contribution in [-0.4, -0.2) is 33.3 Å². The van der Waals surface area contributed by atoms with Gasteiger partial charge in [-0.05, 0) is 19.8 Å². The zero-order valence-corrected chi connectivity index (χ0v) is 7.82. The third kappa shape index (κ3) is 4.62. The van der Waals surface area contributed by atoms with E-state index < -0.39 is 5.97 Å². The van der Waals surface area contributed by atoms with E-state index in [1.165, 1.54) is 6.92 Å². The summed E-state index contributed by atoms with van der Waals surface area (Å²) in [6, 6.07) is 0. The average molecular weight is 189 g/mol. The first-order valence-electron chi connectivity index (χ1n) is 4.06. The van der Waals surface area contributed by atoms with Crippen molar-refractivity contribution in [2.45, 2.75) is 26.7 Å². The van der Waals surface area contributed by atoms with Crippen molar-refractivity contribution in [3.8, 4) is 0 Å². The molecule has 0 fully saturated rings. The topological polar surface area (TPSA) is 81.0 Å². The highest BCUT2D eigenvalue weighted by Gasteiger charge is 2.08. The van der Waals surface area contributed by atoms with Gasteiger partial charge in [0.25, 0.3) is 0 Å². The van der Waals surface area contributed by atoms with Crippen molar-refractivity contribution < 1.29 is 20.3 Å². The normalized spacial score (nSPS) is 13.0. The van der Waals surface area contributed by atoms with Crippen molar-refractivity contribution in [1.82, 2.24) is 5.23 Å². The van der Waals surface area contributed by atoms with Gasteiger partial charge in [-0.3, -0.25) is 10.4 Å². The van der Waals surface area contributed by atoms with Crippen molar-refractivity contribution >= 4 is 5.97 Å². The van der Waals surface area contributed by atoms with Crippen LogP contribution >= 0.6 is 0 Å². The molecule has 0 unspecified atom stereocenters. The van der Waals surface area contributed by atoms with Crippen LogP contribution in [0.3, 0.4) is 0 Å². The Kier molecular flexibility index (Phi) is 5.29. The summed E-state index contributed by atoms with van der Waals surface area (Å²) in [6.45, 7) is 3.37. The van der Waals surface area contributed by atoms with Gasteiger partial charge in [0.2, 0.25) is 0 Å². The van der Waals surface area contributed by atoms with Crippen LogP contribution in [0.4, 0.5) is 0 Å². The van der Waals surface area contributed by atoms with Gasteiger partial charge in [0.05, 0.1) is 6.54 Å². The van der Waals surface area contributed by atoms with E-state index in [9.17, 15) is 4.79 Å². The maximum atomic E-state index is 10.5. The number of nitrogens with zero attached hydrogens (tertiary/aromatic N) is 1. The molecule has 0 aromatic carbocycles. The first-order valence-corrected chi connectivity index (χ1v) is 4.06. The molecule has 0 bridgehead atoms. The minimum atomic E-state index is -0.959. The predicted molar refractivity (Wildman–Crippen MR) is 45.5 cm³/mol. The molecule has 0 aromatic heterocycles. The van der Waals surface area contributed by atoms with Crippen LogP contribution in [0, 0.1) is 0 Å². The first-order chi connectivity index (χ1) is 5.99. The van der Waals surface area contributed by atoms with Crippen molar-refractivity contribution in [3.05, 3.63) is 11.1 Å². The van der Waals surface area contributed by atoms with E-state index >= 15 is 0 Å². The Balaban J connectivity index is 4.32. The molecule has 0 aliphatic carbocycles. The van der Waals surface area contributed by atoms with Crippen LogP contribution in [0.1, 0.15) is 26.7 Å². The molecule has 0 rings (SSSR count). The second kappa shape index (κ2) is 5.69. The lowest BCUT2D eigenvalue weighted by Gasteiger charge is -2.09. The van der Waals surface area contributed by atoms with Gasteiger partial charge in [-0.1, -0.05) is 17.7 Å². The molecule has 0 radical (unpaired) electrons. The van der Waals surface area contributed by atoms with E-state index in [2.05, 4.69) is 0 Å². The number of carbonyl (C=O) groups is 1. The predicted octanol–water partition coefficient (Wildman–Crippen LogP) is 1.27. The maximum absolute atomic E-state index is 10.5. The summed E-state index contributed by atoms with van der Waals surface area (Å²) >= 11 is 0. The molecule has 13 heavy (non-hydrogen) atoms. The van der Waals surface area contributed by atoms with Gasteiger partial charge in [0.1, 0.15) is 0 Å². The van der Waals surface area contributed by atoms with Gasteiger partial charge in [-0.2, -0.15) is 0 Å². The summed E-state index contributed by atoms with van der Waals surface area (Å²) in [5.41, 5.74) is 1.00. The standard InChI is InChI=1S/C8H15NO4/c1-3-7(4-5-9(12)13)6(2)8(10)11/h12-13H,3-5H2,1-2H3,(H,10,11). The molecule has 0 saturated carbocycles. The summed E-state index contributed by atoms with van der Waals surface area (Å²) < 4.78 is 0. The van der Waals surface area contributed by atoms with Crippen molar-refractivity contribution in [3.63, 3.8) is 0 Å². The lowest BCUT2D eigenvalue weighted by molar-refractivity contribution is -0.305. The fraction of sp³-hybridized carbons (Fsp3) is 0.625. The smallest absolute Gasteiger partial charge is 0.331 e. The van der Waals surface area contributed by atoms with Gasteiger partial charge in [0, 0.05) is 5.57 Å². The quantitative estimate of drug-likeness (QED) is 0.448. The minimum Gasteiger partial charge on any atom is -0.478 e. The van der Waals surface area contributed by atoms with E-state index in [-0.39, 0.29) is 17.3 Å². The summed E-state index contributed by atoms with van der Waals surface area (Å²) in [7, 11) is 0. The molecular formula is C8H15NO4. The molecule has 0 atom stereocenters. The van der Waals surface area contributed by atoms with Crippen molar-refractivity contribution in [2.75, 3.05) is 6.54 Å². The Hall–Kier alpha value is -0.910. The van der Waals surface area contributed by atoms with Gasteiger partial charge in [-0.15, -0.1) is 0 Å². The molecule has 76 valence electrons. The first kappa shape index (κ1) is 12.1. The highest BCUT2D eigenvalue weighted by atomic mass is 16.8. The fourth-order valence-electron chi connectivity index (χ4n) is 1.02. The average Bonchev–Trinajstić information content (AvgIpc) is 2.04. The molecule has 0 aliphatic heterocycles. The zero-order chi connectivity index (χ0) is 10.4. The fourth-order valence-corrected chi connectivity index (χ4v) is 1.02. The van der Waals surface area contributed by atoms with Gasteiger partial charge in [-0.25, -0.2) is 4.79 Å². The van der Waals surface area contributed by atoms with Gasteiger partial charge < -0.3 is 5.11 Å². The third-order valence-corrected chi connectivity index (χ3v) is 1.89. The molecule has 0 amide bonds. The van der Waals surface area contributed by atoms with Crippen molar-refractivity contribution in [2.24, 2.45) is 0 Å². The number of aliphatic carboxylic acids is 1.